The van der Waals surface area contributed by atoms with Crippen molar-refractivity contribution in [2.45, 2.75) is 16.9 Å². The molecule has 8 nitrogen and oxygen atoms in total. The molecule has 37 heavy (non-hydrogen) atoms. The number of fused-ring (bicyclic) bond motifs is 5. The number of hydrogen-bond acceptors (Lipinski definition) is 7. The zero-order valence-corrected chi connectivity index (χ0v) is 21.2. The minimum atomic E-state index is -3.56. The summed E-state index contributed by atoms with van der Waals surface area (Å²) in [4.78, 5) is 2.65. The van der Waals surface area contributed by atoms with Crippen LogP contribution in [-0.4, -0.2) is 65.4 Å². The molecule has 0 aliphatic carbocycles. The van der Waals surface area contributed by atoms with Gasteiger partial charge in [-0.2, -0.15) is 4.31 Å². The molecule has 0 amide bonds. The molecule has 4 aliphatic rings. The topological polar surface area (TPSA) is 77.5 Å². The maximum atomic E-state index is 13.3. The van der Waals surface area contributed by atoms with E-state index in [1.165, 1.54) is 9.87 Å². The Morgan fingerprint density at radius 2 is 1.57 bits per heavy atom. The first-order chi connectivity index (χ1) is 18.0. The van der Waals surface area contributed by atoms with E-state index in [0.717, 1.165) is 40.6 Å². The number of nitrogens with zero attached hydrogens (tertiary/aromatic N) is 2. The van der Waals surface area contributed by atoms with Crippen LogP contribution >= 0.6 is 0 Å². The summed E-state index contributed by atoms with van der Waals surface area (Å²) in [5.41, 5.74) is 4.06. The SMILES string of the molecule is O=S(=O)(c1cccc(CN2CC3(COc4cc5c(cc43)OCCO5)c3ccccc32)c1)N1CCOCC1. The van der Waals surface area contributed by atoms with Gasteiger partial charge in [0.15, 0.2) is 11.5 Å². The van der Waals surface area contributed by atoms with Gasteiger partial charge in [0.25, 0.3) is 0 Å². The summed E-state index contributed by atoms with van der Waals surface area (Å²) in [7, 11) is -3.56. The van der Waals surface area contributed by atoms with E-state index >= 15 is 0 Å². The Balaban J connectivity index is 1.22. The Labute approximate surface area is 216 Å². The van der Waals surface area contributed by atoms with Gasteiger partial charge in [0.1, 0.15) is 25.6 Å². The number of anilines is 1. The van der Waals surface area contributed by atoms with Gasteiger partial charge >= 0.3 is 0 Å². The molecule has 0 aromatic heterocycles. The molecule has 9 heteroatoms. The van der Waals surface area contributed by atoms with Gasteiger partial charge in [-0.15, -0.1) is 0 Å². The summed E-state index contributed by atoms with van der Waals surface area (Å²) in [5.74, 6) is 2.31. The first-order valence-corrected chi connectivity index (χ1v) is 14.1. The van der Waals surface area contributed by atoms with Crippen LogP contribution in [0, 0.1) is 0 Å². The summed E-state index contributed by atoms with van der Waals surface area (Å²) in [6.07, 6.45) is 0. The molecular formula is C28H28N2O6S. The Bertz CT molecular complexity index is 1470. The van der Waals surface area contributed by atoms with Crippen molar-refractivity contribution in [2.24, 2.45) is 0 Å². The van der Waals surface area contributed by atoms with Crippen molar-refractivity contribution in [3.8, 4) is 17.2 Å². The molecule has 3 aromatic carbocycles. The highest BCUT2D eigenvalue weighted by atomic mass is 32.2. The number of para-hydroxylation sites is 1. The molecule has 1 fully saturated rings. The van der Waals surface area contributed by atoms with E-state index in [0.29, 0.717) is 57.6 Å². The van der Waals surface area contributed by atoms with Gasteiger partial charge in [0, 0.05) is 43.5 Å². The fraction of sp³-hybridized carbons (Fsp3) is 0.357. The molecule has 0 bridgehead atoms. The van der Waals surface area contributed by atoms with Gasteiger partial charge in [-0.25, -0.2) is 8.42 Å². The molecule has 1 saturated heterocycles. The van der Waals surface area contributed by atoms with E-state index < -0.39 is 10.0 Å². The normalized spacial score (nSPS) is 22.5. The highest BCUT2D eigenvalue weighted by Gasteiger charge is 2.50. The molecule has 192 valence electrons. The van der Waals surface area contributed by atoms with E-state index in [1.807, 2.05) is 24.3 Å². The van der Waals surface area contributed by atoms with Gasteiger partial charge in [-0.1, -0.05) is 30.3 Å². The number of ether oxygens (including phenoxy) is 4. The second-order valence-electron chi connectivity index (χ2n) is 9.90. The summed E-state index contributed by atoms with van der Waals surface area (Å²) in [6, 6.07) is 19.7. The lowest BCUT2D eigenvalue weighted by Gasteiger charge is -2.27. The number of sulfonamides is 1. The molecule has 1 spiro atoms. The van der Waals surface area contributed by atoms with E-state index in [9.17, 15) is 8.42 Å². The van der Waals surface area contributed by atoms with Crippen molar-refractivity contribution in [3.63, 3.8) is 0 Å². The molecule has 7 rings (SSSR count). The molecule has 1 unspecified atom stereocenters. The Kier molecular flexibility index (Phi) is 5.35. The number of rotatable bonds is 4. The zero-order chi connectivity index (χ0) is 25.0. The molecule has 1 atom stereocenters. The molecule has 3 aromatic rings. The maximum Gasteiger partial charge on any atom is 0.243 e. The Morgan fingerprint density at radius 1 is 0.784 bits per heavy atom. The zero-order valence-electron chi connectivity index (χ0n) is 20.4. The highest BCUT2D eigenvalue weighted by Crippen LogP contribution is 2.54. The lowest BCUT2D eigenvalue weighted by molar-refractivity contribution is 0.0730. The van der Waals surface area contributed by atoms with E-state index in [2.05, 4.69) is 29.2 Å². The molecule has 0 radical (unpaired) electrons. The van der Waals surface area contributed by atoms with Crippen LogP contribution in [0.15, 0.2) is 65.6 Å². The molecule has 4 aliphatic heterocycles. The number of morpholine rings is 1. The van der Waals surface area contributed by atoms with Crippen LogP contribution in [0.4, 0.5) is 5.69 Å². The quantitative estimate of drug-likeness (QED) is 0.523. The minimum Gasteiger partial charge on any atom is -0.492 e. The van der Waals surface area contributed by atoms with Gasteiger partial charge in [0.05, 0.1) is 23.5 Å². The van der Waals surface area contributed by atoms with E-state index in [-0.39, 0.29) is 5.41 Å². The van der Waals surface area contributed by atoms with Crippen LogP contribution < -0.4 is 19.1 Å². The lowest BCUT2D eigenvalue weighted by atomic mass is 9.77. The van der Waals surface area contributed by atoms with Gasteiger partial charge in [0.2, 0.25) is 10.0 Å². The Morgan fingerprint density at radius 3 is 2.41 bits per heavy atom. The van der Waals surface area contributed by atoms with Crippen molar-refractivity contribution >= 4 is 15.7 Å². The maximum absolute atomic E-state index is 13.3. The van der Waals surface area contributed by atoms with Crippen LogP contribution in [0.25, 0.3) is 0 Å². The van der Waals surface area contributed by atoms with Crippen LogP contribution in [0.3, 0.4) is 0 Å². The third-order valence-electron chi connectivity index (χ3n) is 7.73. The fourth-order valence-corrected chi connectivity index (χ4v) is 7.43. The smallest absolute Gasteiger partial charge is 0.243 e. The van der Waals surface area contributed by atoms with Crippen LogP contribution in [-0.2, 0) is 26.7 Å². The van der Waals surface area contributed by atoms with Gasteiger partial charge in [-0.05, 0) is 35.4 Å². The van der Waals surface area contributed by atoms with Crippen molar-refractivity contribution in [3.05, 3.63) is 77.4 Å². The number of benzene rings is 3. The molecular weight excluding hydrogens is 492 g/mol. The Hall–Kier alpha value is -3.27. The second-order valence-corrected chi connectivity index (χ2v) is 11.8. The average molecular weight is 521 g/mol. The third-order valence-corrected chi connectivity index (χ3v) is 9.63. The number of hydrogen-bond donors (Lipinski definition) is 0. The predicted molar refractivity (Wildman–Crippen MR) is 137 cm³/mol. The highest BCUT2D eigenvalue weighted by molar-refractivity contribution is 7.89. The molecule has 0 saturated carbocycles. The van der Waals surface area contributed by atoms with Crippen molar-refractivity contribution < 1.29 is 27.4 Å². The fourth-order valence-electron chi connectivity index (χ4n) is 5.95. The summed E-state index contributed by atoms with van der Waals surface area (Å²) in [6.45, 7) is 4.53. The first-order valence-electron chi connectivity index (χ1n) is 12.6. The average Bonchev–Trinajstić information content (AvgIpc) is 3.46. The standard InChI is InChI=1S/C28H28N2O6S/c31-37(32,30-8-10-33-11-9-30)21-5-3-4-20(14-21)17-29-18-28(22-6-1-2-7-24(22)29)19-36-25-16-27-26(15-23(25)28)34-12-13-35-27/h1-7,14-16H,8-13,17-19H2. The van der Waals surface area contributed by atoms with Gasteiger partial charge in [-0.3, -0.25) is 0 Å². The predicted octanol–water partition coefficient (Wildman–Crippen LogP) is 3.18. The van der Waals surface area contributed by atoms with E-state index in [4.69, 9.17) is 18.9 Å². The monoisotopic (exact) mass is 520 g/mol. The summed E-state index contributed by atoms with van der Waals surface area (Å²) in [5, 5.41) is 0. The second kappa shape index (κ2) is 8.65. The van der Waals surface area contributed by atoms with Crippen molar-refractivity contribution in [2.75, 3.05) is 57.6 Å². The molecule has 0 N–H and O–H groups in total. The lowest BCUT2D eigenvalue weighted by Crippen LogP contribution is -2.40. The van der Waals surface area contributed by atoms with Gasteiger partial charge < -0.3 is 23.8 Å². The van der Waals surface area contributed by atoms with Crippen molar-refractivity contribution in [1.29, 1.82) is 0 Å². The van der Waals surface area contributed by atoms with Crippen LogP contribution in [0.2, 0.25) is 0 Å². The van der Waals surface area contributed by atoms with Crippen LogP contribution in [0.5, 0.6) is 17.2 Å². The van der Waals surface area contributed by atoms with Crippen LogP contribution in [0.1, 0.15) is 16.7 Å². The summed E-state index contributed by atoms with van der Waals surface area (Å²) < 4.78 is 51.3. The first kappa shape index (κ1) is 22.9. The third kappa shape index (κ3) is 3.67. The minimum absolute atomic E-state index is 0.326. The molecule has 4 heterocycles. The largest absolute Gasteiger partial charge is 0.492 e. The van der Waals surface area contributed by atoms with Crippen molar-refractivity contribution in [1.82, 2.24) is 4.31 Å². The van der Waals surface area contributed by atoms with E-state index in [1.54, 1.807) is 12.1 Å². The summed E-state index contributed by atoms with van der Waals surface area (Å²) >= 11 is 0.